The van der Waals surface area contributed by atoms with Gasteiger partial charge in [-0.3, -0.25) is 4.79 Å². The molecule has 0 atom stereocenters. The maximum atomic E-state index is 13.3. The zero-order valence-electron chi connectivity index (χ0n) is 17.4. The molecular formula is C24H19Cl3N4O2. The van der Waals surface area contributed by atoms with Crippen molar-refractivity contribution in [1.29, 1.82) is 5.26 Å². The molecule has 2 saturated carbocycles. The largest absolute Gasteiger partial charge is 0.438 e. The first-order valence-corrected chi connectivity index (χ1v) is 11.8. The van der Waals surface area contributed by atoms with Crippen molar-refractivity contribution in [2.75, 3.05) is 0 Å². The number of aromatic nitrogens is 2. The molecule has 0 saturated heterocycles. The first kappa shape index (κ1) is 22.1. The van der Waals surface area contributed by atoms with Crippen LogP contribution in [-0.2, 0) is 0 Å². The molecule has 9 heteroatoms. The van der Waals surface area contributed by atoms with Gasteiger partial charge in [-0.1, -0.05) is 34.8 Å². The van der Waals surface area contributed by atoms with Crippen molar-refractivity contribution in [2.45, 2.75) is 37.6 Å². The fourth-order valence-corrected chi connectivity index (χ4v) is 5.47. The summed E-state index contributed by atoms with van der Waals surface area (Å²) in [6.45, 7) is 0. The Morgan fingerprint density at radius 2 is 1.82 bits per heavy atom. The lowest BCUT2D eigenvalue weighted by atomic mass is 9.93. The average Bonchev–Trinajstić information content (AvgIpc) is 3.48. The number of amides is 1. The summed E-state index contributed by atoms with van der Waals surface area (Å²) in [6, 6.07) is 13.6. The highest BCUT2D eigenvalue weighted by atomic mass is 35.5. The van der Waals surface area contributed by atoms with Crippen LogP contribution in [0.25, 0.3) is 5.69 Å². The first-order chi connectivity index (χ1) is 15.9. The Morgan fingerprint density at radius 1 is 1.12 bits per heavy atom. The molecule has 2 aromatic carbocycles. The van der Waals surface area contributed by atoms with Gasteiger partial charge in [-0.2, -0.15) is 15.0 Å². The van der Waals surface area contributed by atoms with Crippen LogP contribution in [0, 0.1) is 17.2 Å². The molecule has 168 valence electrons. The van der Waals surface area contributed by atoms with Gasteiger partial charge < -0.3 is 10.1 Å². The molecule has 0 radical (unpaired) electrons. The van der Waals surface area contributed by atoms with Crippen LogP contribution in [0.4, 0.5) is 0 Å². The summed E-state index contributed by atoms with van der Waals surface area (Å²) in [5.74, 6) is 0.790. The van der Waals surface area contributed by atoms with Crippen LogP contribution in [0.1, 0.15) is 48.2 Å². The highest BCUT2D eigenvalue weighted by Crippen LogP contribution is 2.47. The molecule has 1 amide bonds. The van der Waals surface area contributed by atoms with Crippen molar-refractivity contribution in [1.82, 2.24) is 15.1 Å². The zero-order valence-corrected chi connectivity index (χ0v) is 19.7. The summed E-state index contributed by atoms with van der Waals surface area (Å²) in [4.78, 5) is 13.3. The van der Waals surface area contributed by atoms with E-state index in [0.717, 1.165) is 32.1 Å². The van der Waals surface area contributed by atoms with E-state index in [4.69, 9.17) is 39.5 Å². The van der Waals surface area contributed by atoms with Crippen LogP contribution in [0.5, 0.6) is 11.6 Å². The number of fused-ring (bicyclic) bond motifs is 2. The number of hydrogen-bond acceptors (Lipinski definition) is 4. The van der Waals surface area contributed by atoms with Gasteiger partial charge >= 0.3 is 0 Å². The third kappa shape index (κ3) is 4.17. The topological polar surface area (TPSA) is 79.9 Å². The molecular weight excluding hydrogens is 483 g/mol. The second kappa shape index (κ2) is 8.57. The maximum absolute atomic E-state index is 13.3. The van der Waals surface area contributed by atoms with Gasteiger partial charge in [0, 0.05) is 15.6 Å². The summed E-state index contributed by atoms with van der Waals surface area (Å²) in [5, 5.41) is 18.9. The second-order valence-corrected chi connectivity index (χ2v) is 9.87. The van der Waals surface area contributed by atoms with Gasteiger partial charge in [-0.25, -0.2) is 0 Å². The first-order valence-electron chi connectivity index (χ1n) is 10.6. The number of nitriles is 1. The fourth-order valence-electron chi connectivity index (χ4n) is 4.85. The quantitative estimate of drug-likeness (QED) is 0.429. The van der Waals surface area contributed by atoms with Gasteiger partial charge in [-0.05, 0) is 80.5 Å². The molecule has 2 bridgehead atoms. The SMILES string of the molecule is N#Cc1c(C(=O)NC23CCC(CC2)C3)nn(-c2ccc(Cl)cc2Cl)c1Oc1ccc(Cl)cc1. The predicted octanol–water partition coefficient (Wildman–Crippen LogP) is 6.56. The van der Waals surface area contributed by atoms with Crippen molar-refractivity contribution >= 4 is 40.7 Å². The predicted molar refractivity (Wildman–Crippen MR) is 127 cm³/mol. The van der Waals surface area contributed by atoms with Crippen LogP contribution in [-0.4, -0.2) is 21.2 Å². The number of halogens is 3. The molecule has 0 aliphatic heterocycles. The van der Waals surface area contributed by atoms with Gasteiger partial charge in [-0.15, -0.1) is 0 Å². The van der Waals surface area contributed by atoms with E-state index in [1.807, 2.05) is 0 Å². The summed E-state index contributed by atoms with van der Waals surface area (Å²) < 4.78 is 7.40. The normalized spacial score (nSPS) is 21.1. The number of carbonyl (C=O) groups is 1. The standard InChI is InChI=1S/C24H19Cl3N4O2/c25-15-1-4-17(5-2-15)33-23-18(13-28)21(22(32)29-24-9-7-14(12-24)8-10-24)30-31(23)20-6-3-16(26)11-19(20)27/h1-6,11,14H,7-10,12H2,(H,29,32). The third-order valence-corrected chi connectivity index (χ3v) is 7.25. The minimum atomic E-state index is -0.390. The average molecular weight is 502 g/mol. The number of nitrogens with zero attached hydrogens (tertiary/aromatic N) is 3. The Hall–Kier alpha value is -2.72. The van der Waals surface area contributed by atoms with Crippen LogP contribution >= 0.6 is 34.8 Å². The van der Waals surface area contributed by atoms with Gasteiger partial charge in [0.25, 0.3) is 5.91 Å². The lowest BCUT2D eigenvalue weighted by Gasteiger charge is -2.27. The van der Waals surface area contributed by atoms with Crippen LogP contribution < -0.4 is 10.1 Å². The Labute approximate surface area is 206 Å². The molecule has 6 nitrogen and oxygen atoms in total. The summed E-state index contributed by atoms with van der Waals surface area (Å²) in [6.07, 6.45) is 5.10. The van der Waals surface area contributed by atoms with Crippen LogP contribution in [0.3, 0.4) is 0 Å². The van der Waals surface area contributed by atoms with Crippen molar-refractivity contribution < 1.29 is 9.53 Å². The van der Waals surface area contributed by atoms with Crippen molar-refractivity contribution in [3.8, 4) is 23.4 Å². The molecule has 1 N–H and O–H groups in total. The molecule has 2 aliphatic carbocycles. The lowest BCUT2D eigenvalue weighted by Crippen LogP contribution is -2.45. The molecule has 5 rings (SSSR count). The van der Waals surface area contributed by atoms with Crippen molar-refractivity contribution in [3.63, 3.8) is 0 Å². The van der Waals surface area contributed by atoms with Crippen molar-refractivity contribution in [3.05, 3.63) is 68.8 Å². The maximum Gasteiger partial charge on any atom is 0.273 e. The van der Waals surface area contributed by atoms with E-state index in [9.17, 15) is 10.1 Å². The van der Waals surface area contributed by atoms with E-state index in [-0.39, 0.29) is 28.6 Å². The molecule has 2 aliphatic rings. The summed E-state index contributed by atoms with van der Waals surface area (Å²) >= 11 is 18.5. The van der Waals surface area contributed by atoms with E-state index in [2.05, 4.69) is 16.5 Å². The molecule has 1 aromatic heterocycles. The van der Waals surface area contributed by atoms with Gasteiger partial charge in [0.05, 0.1) is 10.7 Å². The van der Waals surface area contributed by atoms with E-state index >= 15 is 0 Å². The van der Waals surface area contributed by atoms with Gasteiger partial charge in [0.2, 0.25) is 5.88 Å². The highest BCUT2D eigenvalue weighted by Gasteiger charge is 2.46. The van der Waals surface area contributed by atoms with Crippen LogP contribution in [0.15, 0.2) is 42.5 Å². The number of ether oxygens (including phenoxy) is 1. The van der Waals surface area contributed by atoms with Gasteiger partial charge in [0.15, 0.2) is 5.69 Å². The number of nitrogens with one attached hydrogen (secondary N) is 1. The number of carbonyl (C=O) groups excluding carboxylic acids is 1. The molecule has 0 unspecified atom stereocenters. The van der Waals surface area contributed by atoms with E-state index < -0.39 is 0 Å². The smallest absolute Gasteiger partial charge is 0.273 e. The van der Waals surface area contributed by atoms with E-state index in [1.165, 1.54) is 4.68 Å². The van der Waals surface area contributed by atoms with Crippen LogP contribution in [0.2, 0.25) is 15.1 Å². The third-order valence-electron chi connectivity index (χ3n) is 6.46. The number of rotatable bonds is 5. The monoisotopic (exact) mass is 500 g/mol. The Kier molecular flexibility index (Phi) is 5.74. The number of hydrogen-bond donors (Lipinski definition) is 1. The molecule has 3 aromatic rings. The molecule has 0 spiro atoms. The highest BCUT2D eigenvalue weighted by molar-refractivity contribution is 6.35. The Balaban J connectivity index is 1.59. The number of benzene rings is 2. The fraction of sp³-hybridized carbons (Fsp3) is 0.292. The van der Waals surface area contributed by atoms with Crippen molar-refractivity contribution in [2.24, 2.45) is 5.92 Å². The van der Waals surface area contributed by atoms with E-state index in [0.29, 0.717) is 32.4 Å². The lowest BCUT2D eigenvalue weighted by molar-refractivity contribution is 0.0895. The summed E-state index contributed by atoms with van der Waals surface area (Å²) in [5.41, 5.74) is 0.239. The minimum absolute atomic E-state index is 0.00259. The Morgan fingerprint density at radius 3 is 2.42 bits per heavy atom. The minimum Gasteiger partial charge on any atom is -0.438 e. The zero-order chi connectivity index (χ0) is 23.2. The Bertz CT molecular complexity index is 1270. The summed E-state index contributed by atoms with van der Waals surface area (Å²) in [7, 11) is 0. The van der Waals surface area contributed by atoms with E-state index in [1.54, 1.807) is 42.5 Å². The second-order valence-electron chi connectivity index (χ2n) is 8.59. The van der Waals surface area contributed by atoms with Gasteiger partial charge in [0.1, 0.15) is 17.4 Å². The molecule has 33 heavy (non-hydrogen) atoms. The molecule has 2 fully saturated rings. The molecule has 1 heterocycles.